The third-order valence-electron chi connectivity index (χ3n) is 2.89. The van der Waals surface area contributed by atoms with Crippen LogP contribution < -0.4 is 0 Å². The molecule has 0 bridgehead atoms. The standard InChI is InChI=1S/C15H16OS/c1-3-14-13(12-7-5-4-6-8-12)9-15(17-14)11(2)10-16/h4-11H,3H2,1-2H3. The topological polar surface area (TPSA) is 17.1 Å². The Balaban J connectivity index is 2.47. The van der Waals surface area contributed by atoms with Crippen LogP contribution in [0.2, 0.25) is 0 Å². The Morgan fingerprint density at radius 2 is 2.00 bits per heavy atom. The molecule has 17 heavy (non-hydrogen) atoms. The normalized spacial score (nSPS) is 12.4. The lowest BCUT2D eigenvalue weighted by Gasteiger charge is -2.00. The van der Waals surface area contributed by atoms with Gasteiger partial charge in [0.05, 0.1) is 0 Å². The number of hydrogen-bond acceptors (Lipinski definition) is 2. The number of thiophene rings is 1. The van der Waals surface area contributed by atoms with Gasteiger partial charge in [-0.05, 0) is 23.6 Å². The van der Waals surface area contributed by atoms with Crippen molar-refractivity contribution in [1.29, 1.82) is 0 Å². The molecule has 0 saturated heterocycles. The Hall–Kier alpha value is -1.41. The summed E-state index contributed by atoms with van der Waals surface area (Å²) in [6.07, 6.45) is 2.03. The van der Waals surface area contributed by atoms with Crippen molar-refractivity contribution in [3.63, 3.8) is 0 Å². The summed E-state index contributed by atoms with van der Waals surface area (Å²) in [5.41, 5.74) is 2.52. The molecular weight excluding hydrogens is 228 g/mol. The molecule has 0 spiro atoms. The summed E-state index contributed by atoms with van der Waals surface area (Å²) >= 11 is 1.76. The summed E-state index contributed by atoms with van der Waals surface area (Å²) in [5.74, 6) is 0.00256. The zero-order valence-electron chi connectivity index (χ0n) is 10.1. The molecule has 1 nitrogen and oxygen atoms in total. The monoisotopic (exact) mass is 244 g/mol. The van der Waals surface area contributed by atoms with Gasteiger partial charge in [-0.15, -0.1) is 11.3 Å². The van der Waals surface area contributed by atoms with Gasteiger partial charge in [-0.2, -0.15) is 0 Å². The maximum atomic E-state index is 10.9. The van der Waals surface area contributed by atoms with Gasteiger partial charge >= 0.3 is 0 Å². The maximum absolute atomic E-state index is 10.9. The Morgan fingerprint density at radius 1 is 1.29 bits per heavy atom. The molecule has 88 valence electrons. The van der Waals surface area contributed by atoms with Crippen LogP contribution in [0.25, 0.3) is 11.1 Å². The highest BCUT2D eigenvalue weighted by molar-refractivity contribution is 7.12. The quantitative estimate of drug-likeness (QED) is 0.734. The molecule has 1 unspecified atom stereocenters. The molecule has 0 N–H and O–H groups in total. The minimum absolute atomic E-state index is 0.00256. The smallest absolute Gasteiger partial charge is 0.127 e. The maximum Gasteiger partial charge on any atom is 0.127 e. The van der Waals surface area contributed by atoms with Gasteiger partial charge in [0.25, 0.3) is 0 Å². The van der Waals surface area contributed by atoms with Crippen LogP contribution in [0.1, 0.15) is 29.5 Å². The fourth-order valence-corrected chi connectivity index (χ4v) is 3.00. The van der Waals surface area contributed by atoms with Gasteiger partial charge in [-0.1, -0.05) is 44.2 Å². The Morgan fingerprint density at radius 3 is 2.59 bits per heavy atom. The second-order valence-corrected chi connectivity index (χ2v) is 5.30. The lowest BCUT2D eigenvalue weighted by Crippen LogP contribution is -1.88. The van der Waals surface area contributed by atoms with Crippen molar-refractivity contribution in [2.24, 2.45) is 0 Å². The van der Waals surface area contributed by atoms with Gasteiger partial charge in [0.2, 0.25) is 0 Å². The van der Waals surface area contributed by atoms with Crippen LogP contribution in [-0.4, -0.2) is 6.29 Å². The van der Waals surface area contributed by atoms with Crippen molar-refractivity contribution in [3.05, 3.63) is 46.2 Å². The Kier molecular flexibility index (Phi) is 3.75. The van der Waals surface area contributed by atoms with Crippen LogP contribution in [-0.2, 0) is 11.2 Å². The van der Waals surface area contributed by atoms with Crippen molar-refractivity contribution in [1.82, 2.24) is 0 Å². The Labute approximate surface area is 106 Å². The Bertz CT molecular complexity index is 499. The second-order valence-electron chi connectivity index (χ2n) is 4.13. The fraction of sp³-hybridized carbons (Fsp3) is 0.267. The SMILES string of the molecule is CCc1sc(C(C)C=O)cc1-c1ccccc1. The molecule has 1 aromatic heterocycles. The van der Waals surface area contributed by atoms with Crippen molar-refractivity contribution < 1.29 is 4.79 Å². The first-order chi connectivity index (χ1) is 8.26. The van der Waals surface area contributed by atoms with E-state index in [1.54, 1.807) is 11.3 Å². The van der Waals surface area contributed by atoms with E-state index in [4.69, 9.17) is 0 Å². The molecule has 0 aliphatic heterocycles. The van der Waals surface area contributed by atoms with Crippen LogP contribution in [0.4, 0.5) is 0 Å². The fourth-order valence-electron chi connectivity index (χ4n) is 1.87. The number of aldehydes is 1. The van der Waals surface area contributed by atoms with Gasteiger partial charge in [0.15, 0.2) is 0 Å². The van der Waals surface area contributed by atoms with Crippen molar-refractivity contribution >= 4 is 17.6 Å². The van der Waals surface area contributed by atoms with Crippen LogP contribution in [0.3, 0.4) is 0 Å². The molecule has 2 heteroatoms. The van der Waals surface area contributed by atoms with E-state index in [1.807, 2.05) is 13.0 Å². The zero-order chi connectivity index (χ0) is 12.3. The van der Waals surface area contributed by atoms with E-state index < -0.39 is 0 Å². The zero-order valence-corrected chi connectivity index (χ0v) is 11.0. The molecule has 1 heterocycles. The average Bonchev–Trinajstić information content (AvgIpc) is 2.83. The van der Waals surface area contributed by atoms with Crippen molar-refractivity contribution in [2.75, 3.05) is 0 Å². The van der Waals surface area contributed by atoms with Gasteiger partial charge in [-0.25, -0.2) is 0 Å². The molecule has 1 atom stereocenters. The number of hydrogen-bond donors (Lipinski definition) is 0. The number of benzene rings is 1. The highest BCUT2D eigenvalue weighted by atomic mass is 32.1. The molecule has 0 aliphatic rings. The van der Waals surface area contributed by atoms with E-state index in [0.717, 1.165) is 17.6 Å². The summed E-state index contributed by atoms with van der Waals surface area (Å²) in [7, 11) is 0. The average molecular weight is 244 g/mol. The van der Waals surface area contributed by atoms with Gasteiger partial charge in [0, 0.05) is 15.7 Å². The molecule has 0 aliphatic carbocycles. The molecule has 2 aromatic rings. The molecule has 0 amide bonds. The molecular formula is C15H16OS. The largest absolute Gasteiger partial charge is 0.303 e. The number of aryl methyl sites for hydroxylation is 1. The molecule has 0 saturated carbocycles. The van der Waals surface area contributed by atoms with E-state index in [9.17, 15) is 4.79 Å². The highest BCUT2D eigenvalue weighted by Gasteiger charge is 2.13. The minimum Gasteiger partial charge on any atom is -0.303 e. The van der Waals surface area contributed by atoms with Crippen molar-refractivity contribution in [2.45, 2.75) is 26.2 Å². The molecule has 1 aromatic carbocycles. The predicted octanol–water partition coefficient (Wildman–Crippen LogP) is 4.28. The first-order valence-electron chi connectivity index (χ1n) is 5.89. The van der Waals surface area contributed by atoms with Gasteiger partial charge < -0.3 is 4.79 Å². The number of carbonyl (C=O) groups is 1. The first kappa shape index (κ1) is 12.1. The molecule has 0 radical (unpaired) electrons. The second kappa shape index (κ2) is 5.28. The highest BCUT2D eigenvalue weighted by Crippen LogP contribution is 2.34. The molecule has 2 rings (SSSR count). The predicted molar refractivity (Wildman–Crippen MR) is 73.6 cm³/mol. The van der Waals surface area contributed by atoms with Gasteiger partial charge in [0.1, 0.15) is 6.29 Å². The number of carbonyl (C=O) groups excluding carboxylic acids is 1. The third kappa shape index (κ3) is 2.47. The van der Waals surface area contributed by atoms with Crippen molar-refractivity contribution in [3.8, 4) is 11.1 Å². The lowest BCUT2D eigenvalue weighted by atomic mass is 10.0. The summed E-state index contributed by atoms with van der Waals surface area (Å²) < 4.78 is 0. The lowest BCUT2D eigenvalue weighted by molar-refractivity contribution is -0.108. The van der Waals surface area contributed by atoms with E-state index in [2.05, 4.69) is 37.3 Å². The number of rotatable bonds is 4. The van der Waals surface area contributed by atoms with Gasteiger partial charge in [-0.3, -0.25) is 0 Å². The first-order valence-corrected chi connectivity index (χ1v) is 6.71. The summed E-state index contributed by atoms with van der Waals surface area (Å²) in [5, 5.41) is 0. The minimum atomic E-state index is 0.00256. The van der Waals surface area contributed by atoms with Crippen LogP contribution in [0, 0.1) is 0 Å². The van der Waals surface area contributed by atoms with Crippen LogP contribution in [0.15, 0.2) is 36.4 Å². The van der Waals surface area contributed by atoms with E-state index in [-0.39, 0.29) is 5.92 Å². The molecule has 0 fully saturated rings. The van der Waals surface area contributed by atoms with E-state index in [0.29, 0.717) is 0 Å². The summed E-state index contributed by atoms with van der Waals surface area (Å²) in [6, 6.07) is 12.5. The van der Waals surface area contributed by atoms with Crippen LogP contribution in [0.5, 0.6) is 0 Å². The summed E-state index contributed by atoms with van der Waals surface area (Å²) in [6.45, 7) is 4.11. The van der Waals surface area contributed by atoms with E-state index >= 15 is 0 Å². The third-order valence-corrected chi connectivity index (χ3v) is 4.37. The summed E-state index contributed by atoms with van der Waals surface area (Å²) in [4.78, 5) is 13.4. The van der Waals surface area contributed by atoms with Crippen LogP contribution >= 0.6 is 11.3 Å². The van der Waals surface area contributed by atoms with E-state index in [1.165, 1.54) is 16.0 Å².